The van der Waals surface area contributed by atoms with Gasteiger partial charge in [-0.2, -0.15) is 13.0 Å². The van der Waals surface area contributed by atoms with Crippen LogP contribution in [0.15, 0.2) is 50.0 Å². The maximum Gasteiger partial charge on any atom is 0.290 e. The predicted molar refractivity (Wildman–Crippen MR) is 121 cm³/mol. The molecule has 0 aliphatic rings. The number of sulfonamides is 2. The number of pyridine rings is 1. The summed E-state index contributed by atoms with van der Waals surface area (Å²) in [4.78, 5) is 12.2. The van der Waals surface area contributed by atoms with Crippen molar-refractivity contribution in [2.24, 2.45) is 16.6 Å². The van der Waals surface area contributed by atoms with Gasteiger partial charge in [-0.05, 0) is 36.8 Å². The molecule has 0 spiro atoms. The first-order chi connectivity index (χ1) is 17.3. The molecule has 0 atom stereocenters. The number of hydrogen-bond donors (Lipinski definition) is 2. The topological polar surface area (TPSA) is 250 Å². The third-order valence-electron chi connectivity index (χ3n) is 4.59. The van der Waals surface area contributed by atoms with Gasteiger partial charge in [0.25, 0.3) is 26.0 Å². The van der Waals surface area contributed by atoms with E-state index in [4.69, 9.17) is 23.8 Å². The van der Waals surface area contributed by atoms with Gasteiger partial charge in [-0.25, -0.2) is 36.9 Å². The van der Waals surface area contributed by atoms with Crippen LogP contribution in [-0.4, -0.2) is 32.5 Å². The van der Waals surface area contributed by atoms with Crippen molar-refractivity contribution >= 4 is 43.0 Å². The molecule has 0 unspecified atom stereocenters. The smallest absolute Gasteiger partial charge is 0.290 e. The quantitative estimate of drug-likeness (QED) is 0.253. The first kappa shape index (κ1) is 31.4. The van der Waals surface area contributed by atoms with Crippen molar-refractivity contribution in [3.8, 4) is 0 Å². The molecule has 1 amide bonds. The van der Waals surface area contributed by atoms with Gasteiger partial charge >= 0.3 is 0 Å². The number of nitrogens with two attached hydrogens (primary N) is 1. The number of aromatic nitrogens is 3. The Morgan fingerprint density at radius 1 is 1.08 bits per heavy atom. The second-order valence-corrected chi connectivity index (χ2v) is 12.8. The fourth-order valence-corrected chi connectivity index (χ4v) is 5.89. The van der Waals surface area contributed by atoms with Crippen LogP contribution in [0.1, 0.15) is 17.0 Å². The van der Waals surface area contributed by atoms with Crippen molar-refractivity contribution < 1.29 is 55.1 Å². The van der Waals surface area contributed by atoms with Crippen molar-refractivity contribution in [1.29, 1.82) is 0 Å². The number of nitrogens with one attached hydrogen (secondary N) is 1. The highest BCUT2D eigenvalue weighted by Gasteiger charge is 2.19. The monoisotopic (exact) mass is 610 g/mol. The zero-order valence-electron chi connectivity index (χ0n) is 20.3. The molecule has 0 saturated heterocycles. The van der Waals surface area contributed by atoms with Gasteiger partial charge in [0.05, 0.1) is 4.90 Å². The fourth-order valence-electron chi connectivity index (χ4n) is 3.12. The normalized spacial score (nSPS) is 12.6. The maximum absolute atomic E-state index is 12.6. The number of carbonyl (C=O) groups is 1. The van der Waals surface area contributed by atoms with E-state index < -0.39 is 34.6 Å². The van der Waals surface area contributed by atoms with Crippen LogP contribution in [0.2, 0.25) is 0 Å². The number of amides is 1. The Labute approximate surface area is 224 Å². The lowest BCUT2D eigenvalue weighted by atomic mass is 10.2. The van der Waals surface area contributed by atoms with Crippen molar-refractivity contribution in [3.05, 3.63) is 58.2 Å². The number of rotatable bonds is 6. The first-order valence-electron chi connectivity index (χ1n) is 10.1. The largest absolute Gasteiger partial charge is 0.321 e. The van der Waals surface area contributed by atoms with Crippen molar-refractivity contribution in [1.82, 2.24) is 9.78 Å². The van der Waals surface area contributed by atoms with Crippen LogP contribution in [0.4, 0.5) is 5.69 Å². The lowest BCUT2D eigenvalue weighted by Crippen LogP contribution is -2.68. The zero-order valence-corrected chi connectivity index (χ0v) is 23.5. The molecule has 3 N–H and O–H groups in total. The van der Waals surface area contributed by atoms with Crippen LogP contribution < -0.4 is 38.5 Å². The van der Waals surface area contributed by atoms with Gasteiger partial charge in [0, 0.05) is 38.7 Å². The molecule has 0 bridgehead atoms. The highest BCUT2D eigenvalue weighted by atomic mass is 35.7. The number of hydrogen-bond acceptors (Lipinski definition) is 11. The number of nitrogens with zero attached hydrogens (tertiary/aromatic N) is 4. The van der Waals surface area contributed by atoms with Crippen molar-refractivity contribution in [3.63, 3.8) is 0 Å². The number of carbonyl (C=O) groups excluding carboxylic acids is 1. The van der Waals surface area contributed by atoms with E-state index in [2.05, 4.69) is 14.8 Å². The number of halogens is 1. The van der Waals surface area contributed by atoms with E-state index >= 15 is 0 Å². The minimum absolute atomic E-state index is 0.113. The molecule has 3 aromatic rings. The number of primary sulfonamides is 1. The van der Waals surface area contributed by atoms with E-state index in [1.165, 1.54) is 31.3 Å². The average molecular weight is 611 g/mol. The molecule has 0 fully saturated rings. The highest BCUT2D eigenvalue weighted by Crippen LogP contribution is 2.16. The Morgan fingerprint density at radius 3 is 2.03 bits per heavy atom. The number of anilines is 1. The molecule has 3 rings (SSSR count). The van der Waals surface area contributed by atoms with Crippen molar-refractivity contribution in [2.45, 2.75) is 36.6 Å². The Bertz CT molecular complexity index is 1580. The summed E-state index contributed by atoms with van der Waals surface area (Å²) in [6.07, 6.45) is 0. The van der Waals surface area contributed by atoms with Gasteiger partial charge < -0.3 is 5.32 Å². The van der Waals surface area contributed by atoms with Gasteiger partial charge in [-0.15, -0.1) is 19.7 Å². The van der Waals surface area contributed by atoms with Gasteiger partial charge in [0.15, 0.2) is 11.4 Å². The molecule has 208 valence electrons. The van der Waals surface area contributed by atoms with Crippen LogP contribution in [0.5, 0.6) is 0 Å². The lowest BCUT2D eigenvalue weighted by Gasteiger charge is -2.17. The van der Waals surface area contributed by atoms with E-state index in [1.54, 1.807) is 0 Å². The van der Waals surface area contributed by atoms with E-state index in [9.17, 15) is 21.6 Å². The molecule has 0 aliphatic heterocycles. The molecule has 2 heterocycles. The lowest BCUT2D eigenvalue weighted by molar-refractivity contribution is -2.00. The Morgan fingerprint density at radius 2 is 1.58 bits per heavy atom. The summed E-state index contributed by atoms with van der Waals surface area (Å²) in [6, 6.07) is 9.46. The number of benzene rings is 1. The molecule has 0 radical (unpaired) electrons. The predicted octanol–water partition coefficient (Wildman–Crippen LogP) is -4.49. The van der Waals surface area contributed by atoms with E-state index in [1.807, 2.05) is 37.5 Å². The first-order valence-corrected chi connectivity index (χ1v) is 15.2. The maximum atomic E-state index is 12.6. The Kier molecular flexibility index (Phi) is 9.86. The molecule has 2 aromatic heterocycles. The molecular formula is C19H23ClN6O9S3. The molecular weight excluding hydrogens is 588 g/mol. The van der Waals surface area contributed by atoms with Gasteiger partial charge in [-0.3, -0.25) is 4.79 Å². The van der Waals surface area contributed by atoms with E-state index in [0.717, 1.165) is 21.6 Å². The third kappa shape index (κ3) is 9.49. The Balaban J connectivity index is 0.000000926. The second kappa shape index (κ2) is 11.9. The van der Waals surface area contributed by atoms with Gasteiger partial charge in [-0.1, -0.05) is 11.3 Å². The number of aryl methyl sites for hydroxylation is 4. The summed E-state index contributed by atoms with van der Waals surface area (Å²) in [5.41, 5.74) is 3.43. The molecule has 1 aromatic carbocycles. The van der Waals surface area contributed by atoms with Crippen LogP contribution in [0.3, 0.4) is 0 Å². The van der Waals surface area contributed by atoms with Gasteiger partial charge in [0.2, 0.25) is 15.7 Å². The molecule has 19 heteroatoms. The summed E-state index contributed by atoms with van der Waals surface area (Å²) in [6.45, 7) is 5.94. The van der Waals surface area contributed by atoms with Crippen molar-refractivity contribution in [2.75, 3.05) is 5.32 Å². The SMILES string of the molecule is Cc1cc(C)[n+](CC(=O)Nc2ccc(S(=O)(=O)N=c3sc(S(N)(=O)=O)nn3C)cc2)c(C)c1.[O-][Cl+3]([O-])([O-])[O-]. The summed E-state index contributed by atoms with van der Waals surface area (Å²) < 4.78 is 88.1. The molecule has 0 saturated carbocycles. The Hall–Kier alpha value is -2.81. The summed E-state index contributed by atoms with van der Waals surface area (Å²) >= 11 is 0.537. The minimum Gasteiger partial charge on any atom is -0.321 e. The van der Waals surface area contributed by atoms with Crippen LogP contribution in [0, 0.1) is 31.0 Å². The van der Waals surface area contributed by atoms with Crippen LogP contribution >= 0.6 is 11.3 Å². The minimum atomic E-state index is -4.94. The fraction of sp³-hybridized carbons (Fsp3) is 0.263. The zero-order chi connectivity index (χ0) is 29.1. The summed E-state index contributed by atoms with van der Waals surface area (Å²) in [5, 5.41) is 11.4. The summed E-state index contributed by atoms with van der Waals surface area (Å²) in [7, 11) is -11.8. The third-order valence-corrected chi connectivity index (χ3v) is 8.30. The van der Waals surface area contributed by atoms with E-state index in [-0.39, 0.29) is 22.1 Å². The second-order valence-electron chi connectivity index (χ2n) is 7.74. The van der Waals surface area contributed by atoms with E-state index in [0.29, 0.717) is 17.0 Å². The van der Waals surface area contributed by atoms with Crippen LogP contribution in [0.25, 0.3) is 0 Å². The molecule has 0 aliphatic carbocycles. The highest BCUT2D eigenvalue weighted by molar-refractivity contribution is 7.91. The average Bonchev–Trinajstić information content (AvgIpc) is 3.10. The standard InChI is InChI=1S/C19H22N6O5S3.ClHO4/c1-12-9-13(2)25(14(3)10-12)11-17(26)21-15-5-7-16(8-6-15)33(29,30)23-18-24(4)22-19(31-18)32(20,27)28;2-1(3,4)5/h5-10H,11H2,1-4H3,(H2-,20,21,26,27,28);(H,2,3,4,5). The summed E-state index contributed by atoms with van der Waals surface area (Å²) in [5.74, 6) is -0.262. The molecule has 38 heavy (non-hydrogen) atoms. The van der Waals surface area contributed by atoms with Gasteiger partial charge in [0.1, 0.15) is 0 Å². The van der Waals surface area contributed by atoms with Crippen LogP contribution in [-0.2, 0) is 38.4 Å². The molecule has 15 nitrogen and oxygen atoms in total.